The van der Waals surface area contributed by atoms with Crippen LogP contribution in [-0.4, -0.2) is 28.7 Å². The number of ether oxygens (including phenoxy) is 1. The molecule has 0 radical (unpaired) electrons. The highest BCUT2D eigenvalue weighted by Crippen LogP contribution is 2.61. The first kappa shape index (κ1) is 19.2. The van der Waals surface area contributed by atoms with Crippen LogP contribution >= 0.6 is 22.9 Å². The number of halogens is 2. The maximum Gasteiger partial charge on any atom is 0.258 e. The zero-order valence-electron chi connectivity index (χ0n) is 14.7. The number of hydrogen-bond acceptors (Lipinski definition) is 6. The number of aliphatic hydroxyl groups excluding tert-OH is 1. The van der Waals surface area contributed by atoms with E-state index in [-0.39, 0.29) is 34.4 Å². The Labute approximate surface area is 169 Å². The van der Waals surface area contributed by atoms with Gasteiger partial charge in [0, 0.05) is 22.0 Å². The molecule has 3 saturated carbocycles. The molecule has 146 valence electrons. The zero-order chi connectivity index (χ0) is 19.9. The van der Waals surface area contributed by atoms with Gasteiger partial charge in [0.1, 0.15) is 28.7 Å². The van der Waals surface area contributed by atoms with Crippen molar-refractivity contribution in [3.63, 3.8) is 0 Å². The molecule has 0 spiro atoms. The van der Waals surface area contributed by atoms with Crippen LogP contribution in [0.1, 0.15) is 35.2 Å². The van der Waals surface area contributed by atoms with Crippen molar-refractivity contribution >= 4 is 28.8 Å². The summed E-state index contributed by atoms with van der Waals surface area (Å²) in [5.74, 6) is -0.636. The van der Waals surface area contributed by atoms with Gasteiger partial charge in [-0.1, -0.05) is 11.6 Å². The first-order valence-corrected chi connectivity index (χ1v) is 9.86. The Morgan fingerprint density at radius 3 is 2.75 bits per heavy atom. The Bertz CT molecular complexity index is 954. The van der Waals surface area contributed by atoms with Gasteiger partial charge in [0.15, 0.2) is 6.61 Å². The summed E-state index contributed by atoms with van der Waals surface area (Å²) in [6, 6.07) is 9.49. The van der Waals surface area contributed by atoms with Gasteiger partial charge in [-0.25, -0.2) is 4.39 Å². The third-order valence-corrected chi connectivity index (χ3v) is 6.49. The highest BCUT2D eigenvalue weighted by Gasteiger charge is 2.68. The van der Waals surface area contributed by atoms with Crippen molar-refractivity contribution in [3.05, 3.63) is 50.9 Å². The molecule has 0 saturated heterocycles. The molecule has 1 unspecified atom stereocenters. The summed E-state index contributed by atoms with van der Waals surface area (Å²) in [7, 11) is 0. The van der Waals surface area contributed by atoms with Crippen LogP contribution in [0.3, 0.4) is 0 Å². The normalized spacial score (nSPS) is 25.8. The number of carbonyl (C=O) groups is 1. The number of nitrogens with one attached hydrogen (secondary N) is 2. The van der Waals surface area contributed by atoms with Crippen LogP contribution < -0.4 is 15.4 Å². The van der Waals surface area contributed by atoms with Crippen LogP contribution in [0.5, 0.6) is 5.75 Å². The van der Waals surface area contributed by atoms with Crippen LogP contribution in [0.15, 0.2) is 30.3 Å². The largest absolute Gasteiger partial charge is 0.484 e. The van der Waals surface area contributed by atoms with Crippen LogP contribution in [0.2, 0.25) is 5.02 Å². The molecule has 1 aromatic carbocycles. The predicted molar refractivity (Wildman–Crippen MR) is 101 cm³/mol. The van der Waals surface area contributed by atoms with Crippen molar-refractivity contribution in [1.29, 1.82) is 5.26 Å². The number of aliphatic hydroxyl groups is 1. The van der Waals surface area contributed by atoms with Crippen molar-refractivity contribution in [2.24, 2.45) is 0 Å². The molecule has 9 heteroatoms. The topological polar surface area (TPSA) is 94.4 Å². The van der Waals surface area contributed by atoms with Crippen LogP contribution in [0.25, 0.3) is 0 Å². The van der Waals surface area contributed by atoms with E-state index in [1.54, 1.807) is 12.1 Å². The number of benzene rings is 1. The molecule has 2 aromatic rings. The SMILES string of the molecule is N#Cc1ccc(C(O)NC23CC(NC(=O)COc4ccc(Cl)c(F)c4)(C2)C3)s1. The number of thiophene rings is 1. The Morgan fingerprint density at radius 1 is 1.36 bits per heavy atom. The number of nitriles is 1. The fourth-order valence-electron chi connectivity index (χ4n) is 4.04. The van der Waals surface area contributed by atoms with Gasteiger partial charge < -0.3 is 15.2 Å². The van der Waals surface area contributed by atoms with E-state index in [1.165, 1.54) is 23.5 Å². The summed E-state index contributed by atoms with van der Waals surface area (Å²) in [5, 5.41) is 25.3. The molecule has 28 heavy (non-hydrogen) atoms. The van der Waals surface area contributed by atoms with Gasteiger partial charge in [-0.05, 0) is 43.5 Å². The van der Waals surface area contributed by atoms with E-state index < -0.39 is 12.0 Å². The highest BCUT2D eigenvalue weighted by molar-refractivity contribution is 7.12. The average molecular weight is 422 g/mol. The summed E-state index contributed by atoms with van der Waals surface area (Å²) in [6.07, 6.45) is 1.32. The summed E-state index contributed by atoms with van der Waals surface area (Å²) in [4.78, 5) is 13.4. The molecule has 2 bridgehead atoms. The fraction of sp³-hybridized carbons (Fsp3) is 0.368. The number of amides is 1. The lowest BCUT2D eigenvalue weighted by molar-refractivity contribution is -0.150. The quantitative estimate of drug-likeness (QED) is 0.597. The number of hydrogen-bond donors (Lipinski definition) is 3. The molecule has 1 atom stereocenters. The molecule has 3 N–H and O–H groups in total. The second-order valence-electron chi connectivity index (χ2n) is 7.36. The van der Waals surface area contributed by atoms with Crippen LogP contribution in [0.4, 0.5) is 4.39 Å². The third-order valence-electron chi connectivity index (χ3n) is 5.15. The second kappa shape index (κ2) is 7.01. The van der Waals surface area contributed by atoms with Crippen LogP contribution in [0, 0.1) is 17.1 Å². The van der Waals surface area contributed by atoms with Gasteiger partial charge in [0.2, 0.25) is 0 Å². The number of carbonyl (C=O) groups excluding carboxylic acids is 1. The zero-order valence-corrected chi connectivity index (χ0v) is 16.2. The number of rotatable bonds is 7. The van der Waals surface area contributed by atoms with Crippen molar-refractivity contribution < 1.29 is 19.0 Å². The molecule has 6 nitrogen and oxygen atoms in total. The maximum absolute atomic E-state index is 13.4. The lowest BCUT2D eigenvalue weighted by Gasteiger charge is -2.71. The minimum atomic E-state index is -0.829. The molecule has 3 aliphatic carbocycles. The summed E-state index contributed by atoms with van der Waals surface area (Å²) in [6.45, 7) is -0.210. The summed E-state index contributed by atoms with van der Waals surface area (Å²) in [5.41, 5.74) is -0.463. The maximum atomic E-state index is 13.4. The molecule has 5 rings (SSSR count). The molecule has 0 aliphatic heterocycles. The lowest BCUT2D eigenvalue weighted by Crippen LogP contribution is -2.83. The van der Waals surface area contributed by atoms with Gasteiger partial charge in [-0.2, -0.15) is 5.26 Å². The first-order chi connectivity index (χ1) is 13.3. The summed E-state index contributed by atoms with van der Waals surface area (Å²) >= 11 is 6.87. The van der Waals surface area contributed by atoms with E-state index in [0.29, 0.717) is 9.75 Å². The molecule has 3 fully saturated rings. The monoisotopic (exact) mass is 421 g/mol. The third kappa shape index (κ3) is 3.59. The molecule has 1 heterocycles. The first-order valence-electron chi connectivity index (χ1n) is 8.67. The van der Waals surface area contributed by atoms with Gasteiger partial charge in [0.05, 0.1) is 5.02 Å². The predicted octanol–water partition coefficient (Wildman–Crippen LogP) is 2.86. The molecule has 1 amide bonds. The highest BCUT2D eigenvalue weighted by atomic mass is 35.5. The second-order valence-corrected chi connectivity index (χ2v) is 8.89. The molecule has 1 aromatic heterocycles. The van der Waals surface area contributed by atoms with E-state index in [0.717, 1.165) is 25.3 Å². The molecular formula is C19H17ClFN3O3S. The van der Waals surface area contributed by atoms with E-state index >= 15 is 0 Å². The van der Waals surface area contributed by atoms with Crippen LogP contribution in [-0.2, 0) is 4.79 Å². The molecule has 3 aliphatic rings. The van der Waals surface area contributed by atoms with Crippen molar-refractivity contribution in [2.45, 2.75) is 36.6 Å². The van der Waals surface area contributed by atoms with E-state index in [1.807, 2.05) is 0 Å². The van der Waals surface area contributed by atoms with E-state index in [2.05, 4.69) is 16.7 Å². The minimum absolute atomic E-state index is 0.00273. The Morgan fingerprint density at radius 2 is 2.11 bits per heavy atom. The van der Waals surface area contributed by atoms with Gasteiger partial charge in [-0.15, -0.1) is 11.3 Å². The van der Waals surface area contributed by atoms with E-state index in [9.17, 15) is 14.3 Å². The van der Waals surface area contributed by atoms with Gasteiger partial charge in [0.25, 0.3) is 5.91 Å². The molecular weight excluding hydrogens is 405 g/mol. The number of nitrogens with zero attached hydrogens (tertiary/aromatic N) is 1. The standard InChI is InChI=1S/C19H17ClFN3O3S/c20-13-3-1-11(5-14(13)21)27-7-16(25)23-18-8-19(9-18,10-18)24-17(26)15-4-2-12(6-22)28-15/h1-5,17,24,26H,7-10H2,(H,23,25). The van der Waals surface area contributed by atoms with Crippen molar-refractivity contribution in [2.75, 3.05) is 6.61 Å². The Hall–Kier alpha value is -2.18. The smallest absolute Gasteiger partial charge is 0.258 e. The minimum Gasteiger partial charge on any atom is -0.484 e. The summed E-state index contributed by atoms with van der Waals surface area (Å²) < 4.78 is 18.7. The van der Waals surface area contributed by atoms with Gasteiger partial charge >= 0.3 is 0 Å². The lowest BCUT2D eigenvalue weighted by atomic mass is 9.44. The Kier molecular flexibility index (Phi) is 4.79. The van der Waals surface area contributed by atoms with E-state index in [4.69, 9.17) is 21.6 Å². The average Bonchev–Trinajstić information content (AvgIpc) is 3.09. The Balaban J connectivity index is 1.23. The van der Waals surface area contributed by atoms with Crippen molar-refractivity contribution in [1.82, 2.24) is 10.6 Å². The fourth-order valence-corrected chi connectivity index (χ4v) is 4.90. The van der Waals surface area contributed by atoms with Crippen molar-refractivity contribution in [3.8, 4) is 11.8 Å². The van der Waals surface area contributed by atoms with Gasteiger partial charge in [-0.3, -0.25) is 10.1 Å².